The highest BCUT2D eigenvalue weighted by Crippen LogP contribution is 2.26. The number of H-pyrrole nitrogens is 2. The number of aliphatic hydroxyl groups is 1. The number of carbonyl (C=O) groups is 4. The van der Waals surface area contributed by atoms with Crippen LogP contribution in [-0.4, -0.2) is 80.4 Å². The van der Waals surface area contributed by atoms with Crippen LogP contribution in [0.5, 0.6) is 0 Å². The Morgan fingerprint density at radius 1 is 0.684 bits per heavy atom. The molecule has 5 aromatic rings. The van der Waals surface area contributed by atoms with Gasteiger partial charge >= 0.3 is 12.2 Å². The molecule has 2 atom stereocenters. The van der Waals surface area contributed by atoms with Crippen molar-refractivity contribution in [3.63, 3.8) is 0 Å². The van der Waals surface area contributed by atoms with E-state index >= 15 is 0 Å². The van der Waals surface area contributed by atoms with E-state index in [0.29, 0.717) is 24.0 Å². The van der Waals surface area contributed by atoms with Crippen LogP contribution < -0.4 is 10.6 Å². The van der Waals surface area contributed by atoms with E-state index in [1.165, 1.54) is 10.5 Å². The van der Waals surface area contributed by atoms with Crippen LogP contribution in [0.1, 0.15) is 107 Å². The lowest BCUT2D eigenvalue weighted by Crippen LogP contribution is -2.48. The molecule has 0 bridgehead atoms. The third-order valence-corrected chi connectivity index (χ3v) is 8.72. The van der Waals surface area contributed by atoms with E-state index in [-0.39, 0.29) is 53.3 Å². The lowest BCUT2D eigenvalue weighted by molar-refractivity contribution is 0.0466. The molecule has 57 heavy (non-hydrogen) atoms. The molecule has 5 N–H and O–H groups in total. The molecule has 4 amide bonds. The van der Waals surface area contributed by atoms with Crippen LogP contribution >= 0.6 is 0 Å². The van der Waals surface area contributed by atoms with E-state index < -0.39 is 29.4 Å². The molecule has 12 nitrogen and oxygen atoms in total. The second kappa shape index (κ2) is 19.5. The number of nitrogens with one attached hydrogen (secondary N) is 4. The first-order valence-electron chi connectivity index (χ1n) is 18.1. The quantitative estimate of drug-likeness (QED) is 0.0931. The van der Waals surface area contributed by atoms with Crippen molar-refractivity contribution >= 4 is 45.8 Å². The van der Waals surface area contributed by atoms with Crippen LogP contribution in [-0.2, 0) is 22.3 Å². The Balaban J connectivity index is 0.000000398. The number of aryl methyl sites for hydroxylation is 2. The summed E-state index contributed by atoms with van der Waals surface area (Å²) >= 11 is 0. The van der Waals surface area contributed by atoms with Crippen molar-refractivity contribution in [1.82, 2.24) is 25.5 Å². The maximum Gasteiger partial charge on any atom is 0.407 e. The molecule has 0 aliphatic carbocycles. The number of hydrogen-bond acceptors (Lipinski definition) is 7. The smallest absolute Gasteiger partial charge is 0.407 e. The summed E-state index contributed by atoms with van der Waals surface area (Å²) in [7, 11) is 0. The molecule has 0 spiro atoms. The normalized spacial score (nSPS) is 13.2. The lowest BCUT2D eigenvalue weighted by atomic mass is 10.0. The Labute approximate surface area is 337 Å². The van der Waals surface area contributed by atoms with Gasteiger partial charge in [0.15, 0.2) is 0 Å². The molecule has 3 heterocycles. The average molecular weight is 786 g/mol. The molecule has 0 unspecified atom stereocenters. The first-order valence-corrected chi connectivity index (χ1v) is 18.1. The summed E-state index contributed by atoms with van der Waals surface area (Å²) in [6, 6.07) is 18.2. The van der Waals surface area contributed by atoms with Gasteiger partial charge in [-0.2, -0.15) is 0 Å². The maximum atomic E-state index is 12.9. The molecule has 0 saturated heterocycles. The maximum absolute atomic E-state index is 12.9. The van der Waals surface area contributed by atoms with Crippen molar-refractivity contribution < 1.29 is 33.8 Å². The zero-order chi connectivity index (χ0) is 39.4. The molecule has 2 aromatic heterocycles. The minimum Gasteiger partial charge on any atom is -0.444 e. The summed E-state index contributed by atoms with van der Waals surface area (Å²) in [6.07, 6.45) is 3.69. The molecule has 0 fully saturated rings. The summed E-state index contributed by atoms with van der Waals surface area (Å²) in [5.41, 5.74) is 5.94. The fraction of sp³-hybridized carbons (Fsp3) is 0.422. The Morgan fingerprint density at radius 2 is 1.09 bits per heavy atom. The summed E-state index contributed by atoms with van der Waals surface area (Å²) < 4.78 is 10.7. The van der Waals surface area contributed by atoms with Crippen LogP contribution in [0.3, 0.4) is 0 Å². The van der Waals surface area contributed by atoms with E-state index in [0.717, 1.165) is 38.5 Å². The van der Waals surface area contributed by atoms with E-state index in [1.807, 2.05) is 71.3 Å². The van der Waals surface area contributed by atoms with Gasteiger partial charge in [0.25, 0.3) is 11.8 Å². The first-order chi connectivity index (χ1) is 25.4. The Morgan fingerprint density at radius 3 is 1.49 bits per heavy atom. The number of nitrogens with zero attached hydrogens (tertiary/aromatic N) is 1. The van der Waals surface area contributed by atoms with Crippen LogP contribution in [0.4, 0.5) is 9.59 Å². The molecule has 3 aromatic carbocycles. The fourth-order valence-electron chi connectivity index (χ4n) is 6.35. The minimum absolute atomic E-state index is 0. The standard InChI is InChI=1S/C25H27N3O4.C17H24N2O3.3CH4/c1-15-9-10-21-20(11-15)16(13-26-21)12-17(27-24(31)32-25(2,3)4)14-28-22(29)18-7-5-6-8-19(18)23(28)30;1-11-5-6-15-14(7-11)12(9-18-15)8-13(10-20)19-16(21)22-17(2,3)4;;;/h5-11,13,17,26H,12,14H2,1-4H3,(H,27,31);5-7,9,13,18,20H,8,10H2,1-4H3,(H,19,21);3*1H4/t17-;13-;;;/m00.../s1. The predicted molar refractivity (Wildman–Crippen MR) is 229 cm³/mol. The number of amides is 4. The number of rotatable bonds is 9. The summed E-state index contributed by atoms with van der Waals surface area (Å²) in [6.45, 7) is 14.7. The highest BCUT2D eigenvalue weighted by molar-refractivity contribution is 6.21. The number of hydrogen-bond donors (Lipinski definition) is 5. The van der Waals surface area contributed by atoms with Crippen LogP contribution in [0.15, 0.2) is 73.1 Å². The van der Waals surface area contributed by atoms with Crippen molar-refractivity contribution in [3.05, 3.63) is 106 Å². The Bertz CT molecular complexity index is 2120. The zero-order valence-corrected chi connectivity index (χ0v) is 32.3. The van der Waals surface area contributed by atoms with E-state index in [9.17, 15) is 24.3 Å². The van der Waals surface area contributed by atoms with Crippen molar-refractivity contribution in [3.8, 4) is 0 Å². The molecule has 0 radical (unpaired) electrons. The SMILES string of the molecule is C.C.C.Cc1ccc2[nH]cc(C[C@@H](CN3C(=O)c4ccccc4C3=O)NC(=O)OC(C)(C)C)c2c1.Cc1ccc2[nH]cc(C[C@@H](CO)NC(=O)OC(C)(C)C)c2c1. The molecule has 310 valence electrons. The monoisotopic (exact) mass is 785 g/mol. The number of alkyl carbamates (subject to hydrolysis) is 2. The molecule has 1 aliphatic heterocycles. The summed E-state index contributed by atoms with van der Waals surface area (Å²) in [4.78, 5) is 57.8. The largest absolute Gasteiger partial charge is 0.444 e. The third kappa shape index (κ3) is 12.4. The van der Waals surface area contributed by atoms with Gasteiger partial charge in [-0.3, -0.25) is 14.5 Å². The summed E-state index contributed by atoms with van der Waals surface area (Å²) in [5.74, 6) is -0.701. The van der Waals surface area contributed by atoms with Gasteiger partial charge in [0.05, 0.1) is 36.4 Å². The van der Waals surface area contributed by atoms with E-state index in [2.05, 4.69) is 32.7 Å². The highest BCUT2D eigenvalue weighted by atomic mass is 16.6. The zero-order valence-electron chi connectivity index (χ0n) is 32.3. The second-order valence-electron chi connectivity index (χ2n) is 15.8. The van der Waals surface area contributed by atoms with Gasteiger partial charge in [0.1, 0.15) is 11.2 Å². The van der Waals surface area contributed by atoms with E-state index in [1.54, 1.807) is 45.0 Å². The van der Waals surface area contributed by atoms with Crippen molar-refractivity contribution in [1.29, 1.82) is 0 Å². The first kappa shape index (κ1) is 47.5. The average Bonchev–Trinajstić information content (AvgIpc) is 3.73. The van der Waals surface area contributed by atoms with Gasteiger partial charge in [0.2, 0.25) is 0 Å². The molecule has 0 saturated carbocycles. The second-order valence-corrected chi connectivity index (χ2v) is 15.8. The number of ether oxygens (including phenoxy) is 2. The van der Waals surface area contributed by atoms with Gasteiger partial charge in [-0.1, -0.05) is 57.7 Å². The van der Waals surface area contributed by atoms with E-state index in [4.69, 9.17) is 9.47 Å². The molecule has 6 rings (SSSR count). The molecule has 1 aliphatic rings. The van der Waals surface area contributed by atoms with Gasteiger partial charge in [-0.25, -0.2) is 9.59 Å². The van der Waals surface area contributed by atoms with Crippen LogP contribution in [0.25, 0.3) is 21.8 Å². The fourth-order valence-corrected chi connectivity index (χ4v) is 6.35. The van der Waals surface area contributed by atoms with Gasteiger partial charge in [0, 0.05) is 34.2 Å². The number of benzene rings is 3. The number of fused-ring (bicyclic) bond motifs is 3. The molecule has 12 heteroatoms. The van der Waals surface area contributed by atoms with Crippen LogP contribution in [0.2, 0.25) is 0 Å². The summed E-state index contributed by atoms with van der Waals surface area (Å²) in [5, 5.41) is 17.3. The van der Waals surface area contributed by atoms with Gasteiger partial charge in [-0.05, 0) is 116 Å². The number of imide groups is 1. The van der Waals surface area contributed by atoms with Crippen molar-refractivity contribution in [2.24, 2.45) is 0 Å². The number of aliphatic hydroxyl groups excluding tert-OH is 1. The van der Waals surface area contributed by atoms with Gasteiger partial charge in [-0.15, -0.1) is 0 Å². The van der Waals surface area contributed by atoms with Crippen molar-refractivity contribution in [2.45, 2.75) is 114 Å². The number of aromatic amines is 2. The highest BCUT2D eigenvalue weighted by Gasteiger charge is 2.37. The third-order valence-electron chi connectivity index (χ3n) is 8.72. The predicted octanol–water partition coefficient (Wildman–Crippen LogP) is 9.02. The Hall–Kier alpha value is -5.62. The topological polar surface area (TPSA) is 166 Å². The van der Waals surface area contributed by atoms with Gasteiger partial charge < -0.3 is 35.2 Å². The molecular weight excluding hydrogens is 723 g/mol. The number of carbonyl (C=O) groups excluding carboxylic acids is 4. The number of aromatic nitrogens is 2. The lowest BCUT2D eigenvalue weighted by Gasteiger charge is -2.26. The Kier molecular flexibility index (Phi) is 16.3. The van der Waals surface area contributed by atoms with Crippen LogP contribution in [0, 0.1) is 13.8 Å². The molecular formula is C45H63N5O7. The minimum atomic E-state index is -0.665. The van der Waals surface area contributed by atoms with Crippen molar-refractivity contribution in [2.75, 3.05) is 13.2 Å².